The summed E-state index contributed by atoms with van der Waals surface area (Å²) in [4.78, 5) is 26.7. The monoisotopic (exact) mass is 274 g/mol. The molecule has 2 N–H and O–H groups in total. The van der Waals surface area contributed by atoms with Crippen LogP contribution in [-0.2, 0) is 6.54 Å². The normalized spacial score (nSPS) is 10.2. The van der Waals surface area contributed by atoms with E-state index in [0.29, 0.717) is 18.8 Å². The molecule has 0 radical (unpaired) electrons. The van der Waals surface area contributed by atoms with Gasteiger partial charge in [-0.05, 0) is 25.1 Å². The number of nitrogens with one attached hydrogen (secondary N) is 1. The molecule has 2 rings (SSSR count). The molecule has 0 saturated heterocycles. The Bertz CT molecular complexity index is 623. The molecule has 2 aromatic rings. The second-order valence-electron chi connectivity index (χ2n) is 4.16. The smallest absolute Gasteiger partial charge is 0.337 e. The van der Waals surface area contributed by atoms with Gasteiger partial charge in [-0.2, -0.15) is 5.10 Å². The highest BCUT2D eigenvalue weighted by atomic mass is 16.4. The van der Waals surface area contributed by atoms with Crippen molar-refractivity contribution in [3.8, 4) is 0 Å². The Labute approximate surface area is 115 Å². The number of carbonyl (C=O) groups is 2. The number of aromatic carboxylic acids is 1. The lowest BCUT2D eigenvalue weighted by molar-refractivity contribution is 0.0694. The van der Waals surface area contributed by atoms with Crippen LogP contribution in [-0.4, -0.2) is 38.3 Å². The van der Waals surface area contributed by atoms with E-state index in [-0.39, 0.29) is 17.2 Å². The van der Waals surface area contributed by atoms with Crippen molar-refractivity contribution in [1.82, 2.24) is 20.1 Å². The van der Waals surface area contributed by atoms with Gasteiger partial charge < -0.3 is 10.4 Å². The summed E-state index contributed by atoms with van der Waals surface area (Å²) < 4.78 is 1.70. The Balaban J connectivity index is 1.95. The van der Waals surface area contributed by atoms with Gasteiger partial charge in [-0.1, -0.05) is 0 Å². The minimum Gasteiger partial charge on any atom is -0.478 e. The van der Waals surface area contributed by atoms with Gasteiger partial charge in [0.15, 0.2) is 0 Å². The van der Waals surface area contributed by atoms with E-state index in [1.165, 1.54) is 12.1 Å². The zero-order valence-corrected chi connectivity index (χ0v) is 10.9. The number of hydrogen-bond acceptors (Lipinski definition) is 4. The van der Waals surface area contributed by atoms with Crippen LogP contribution in [0.4, 0.5) is 0 Å². The summed E-state index contributed by atoms with van der Waals surface area (Å²) in [7, 11) is 0. The number of aromatic nitrogens is 3. The van der Waals surface area contributed by atoms with Crippen LogP contribution in [0.3, 0.4) is 0 Å². The summed E-state index contributed by atoms with van der Waals surface area (Å²) in [5, 5.41) is 15.6. The van der Waals surface area contributed by atoms with Gasteiger partial charge in [-0.25, -0.2) is 9.78 Å². The summed E-state index contributed by atoms with van der Waals surface area (Å²) in [5.41, 5.74) is 0.614. The third-order valence-corrected chi connectivity index (χ3v) is 2.73. The molecule has 20 heavy (non-hydrogen) atoms. The highest BCUT2D eigenvalue weighted by Crippen LogP contribution is 2.06. The molecule has 0 aliphatic carbocycles. The molecule has 0 unspecified atom stereocenters. The topological polar surface area (TPSA) is 97.1 Å². The van der Waals surface area contributed by atoms with Crippen molar-refractivity contribution in [2.75, 3.05) is 6.54 Å². The molecule has 0 atom stereocenters. The molecule has 0 bridgehead atoms. The van der Waals surface area contributed by atoms with Crippen LogP contribution in [0.15, 0.2) is 30.6 Å². The van der Waals surface area contributed by atoms with Crippen molar-refractivity contribution in [2.45, 2.75) is 13.5 Å². The fraction of sp³-hybridized carbons (Fsp3) is 0.231. The molecule has 7 heteroatoms. The summed E-state index contributed by atoms with van der Waals surface area (Å²) in [6.07, 6.45) is 3.47. The Morgan fingerprint density at radius 2 is 2.20 bits per heavy atom. The van der Waals surface area contributed by atoms with Gasteiger partial charge in [0.1, 0.15) is 5.69 Å². The molecule has 104 valence electrons. The number of carboxylic acids is 1. The molecule has 2 heterocycles. The molecule has 0 aromatic carbocycles. The predicted molar refractivity (Wildman–Crippen MR) is 70.5 cm³/mol. The zero-order valence-electron chi connectivity index (χ0n) is 10.9. The van der Waals surface area contributed by atoms with Gasteiger partial charge in [0, 0.05) is 18.9 Å². The third-order valence-electron chi connectivity index (χ3n) is 2.73. The first-order chi connectivity index (χ1) is 9.58. The van der Waals surface area contributed by atoms with Crippen molar-refractivity contribution in [2.24, 2.45) is 0 Å². The van der Waals surface area contributed by atoms with E-state index in [1.807, 2.05) is 0 Å². The number of carboxylic acid groups (broad SMARTS) is 1. The maximum Gasteiger partial charge on any atom is 0.337 e. The molecular formula is C13H14N4O3. The van der Waals surface area contributed by atoms with E-state index in [9.17, 15) is 9.59 Å². The SMILES string of the molecule is Cc1nc(C(=O)NCCn2cccn2)ccc1C(=O)O. The van der Waals surface area contributed by atoms with Crippen LogP contribution >= 0.6 is 0 Å². The van der Waals surface area contributed by atoms with Gasteiger partial charge in [0.05, 0.1) is 17.8 Å². The van der Waals surface area contributed by atoms with Crippen LogP contribution in [0, 0.1) is 6.92 Å². The van der Waals surface area contributed by atoms with Gasteiger partial charge in [-0.15, -0.1) is 0 Å². The van der Waals surface area contributed by atoms with Gasteiger partial charge in [0.2, 0.25) is 0 Å². The molecule has 0 aliphatic heterocycles. The summed E-state index contributed by atoms with van der Waals surface area (Å²) in [6.45, 7) is 2.54. The molecule has 0 fully saturated rings. The molecular weight excluding hydrogens is 260 g/mol. The minimum atomic E-state index is -1.05. The van der Waals surface area contributed by atoms with Crippen LogP contribution in [0.1, 0.15) is 26.5 Å². The van der Waals surface area contributed by atoms with Gasteiger partial charge >= 0.3 is 5.97 Å². The fourth-order valence-corrected chi connectivity index (χ4v) is 1.72. The number of rotatable bonds is 5. The molecule has 1 amide bonds. The fourth-order valence-electron chi connectivity index (χ4n) is 1.72. The number of hydrogen-bond donors (Lipinski definition) is 2. The van der Waals surface area contributed by atoms with E-state index < -0.39 is 5.97 Å². The number of amides is 1. The Morgan fingerprint density at radius 3 is 2.80 bits per heavy atom. The Kier molecular flexibility index (Phi) is 4.09. The van der Waals surface area contributed by atoms with Crippen molar-refractivity contribution in [1.29, 1.82) is 0 Å². The van der Waals surface area contributed by atoms with E-state index in [0.717, 1.165) is 0 Å². The van der Waals surface area contributed by atoms with Crippen LogP contribution in [0.2, 0.25) is 0 Å². The molecule has 0 saturated carbocycles. The van der Waals surface area contributed by atoms with E-state index >= 15 is 0 Å². The number of carbonyl (C=O) groups excluding carboxylic acids is 1. The zero-order chi connectivity index (χ0) is 14.5. The highest BCUT2D eigenvalue weighted by Gasteiger charge is 2.12. The first-order valence-electron chi connectivity index (χ1n) is 6.04. The maximum atomic E-state index is 11.9. The molecule has 0 spiro atoms. The molecule has 7 nitrogen and oxygen atoms in total. The highest BCUT2D eigenvalue weighted by molar-refractivity contribution is 5.94. The van der Waals surface area contributed by atoms with Crippen molar-refractivity contribution in [3.05, 3.63) is 47.5 Å². The number of aryl methyl sites for hydroxylation is 1. The Hall–Kier alpha value is -2.70. The predicted octanol–water partition coefficient (Wildman–Crippen LogP) is 0.715. The average molecular weight is 274 g/mol. The average Bonchev–Trinajstić information content (AvgIpc) is 2.91. The van der Waals surface area contributed by atoms with Crippen LogP contribution < -0.4 is 5.32 Å². The number of nitrogens with zero attached hydrogens (tertiary/aromatic N) is 3. The van der Waals surface area contributed by atoms with Gasteiger partial charge in [-0.3, -0.25) is 9.48 Å². The minimum absolute atomic E-state index is 0.0955. The lowest BCUT2D eigenvalue weighted by Gasteiger charge is -2.06. The summed E-state index contributed by atoms with van der Waals surface area (Å²) in [5.74, 6) is -1.39. The molecule has 0 aliphatic rings. The number of pyridine rings is 1. The standard InChI is InChI=1S/C13H14N4O3/c1-9-10(13(19)20)3-4-11(16-9)12(18)14-6-8-17-7-2-5-15-17/h2-5,7H,6,8H2,1H3,(H,14,18)(H,19,20). The first kappa shape index (κ1) is 13.7. The van der Waals surface area contributed by atoms with E-state index in [4.69, 9.17) is 5.11 Å². The quantitative estimate of drug-likeness (QED) is 0.837. The van der Waals surface area contributed by atoms with Crippen molar-refractivity contribution < 1.29 is 14.7 Å². The lowest BCUT2D eigenvalue weighted by atomic mass is 10.2. The second-order valence-corrected chi connectivity index (χ2v) is 4.16. The van der Waals surface area contributed by atoms with Crippen LogP contribution in [0.25, 0.3) is 0 Å². The maximum absolute atomic E-state index is 11.9. The van der Waals surface area contributed by atoms with Crippen molar-refractivity contribution >= 4 is 11.9 Å². The summed E-state index contributed by atoms with van der Waals surface area (Å²) in [6, 6.07) is 4.59. The molecule has 2 aromatic heterocycles. The second kappa shape index (κ2) is 5.96. The van der Waals surface area contributed by atoms with E-state index in [2.05, 4.69) is 15.4 Å². The first-order valence-corrected chi connectivity index (χ1v) is 6.04. The summed E-state index contributed by atoms with van der Waals surface area (Å²) >= 11 is 0. The third kappa shape index (κ3) is 3.19. The van der Waals surface area contributed by atoms with E-state index in [1.54, 1.807) is 30.1 Å². The Morgan fingerprint density at radius 1 is 1.40 bits per heavy atom. The van der Waals surface area contributed by atoms with Crippen LogP contribution in [0.5, 0.6) is 0 Å². The van der Waals surface area contributed by atoms with Gasteiger partial charge in [0.25, 0.3) is 5.91 Å². The lowest BCUT2D eigenvalue weighted by Crippen LogP contribution is -2.28. The largest absolute Gasteiger partial charge is 0.478 e. The van der Waals surface area contributed by atoms with Crippen molar-refractivity contribution in [3.63, 3.8) is 0 Å².